The molecular weight excluding hydrogens is 358 g/mol. The average molecular weight is 385 g/mol. The first kappa shape index (κ1) is 20.0. The third kappa shape index (κ3) is 4.07. The molecule has 1 aliphatic heterocycles. The molecular formula is C22H27NO5. The fraction of sp³-hybridized carbons (Fsp3) is 0.409. The molecule has 6 nitrogen and oxygen atoms in total. The molecule has 2 aromatic rings. The van der Waals surface area contributed by atoms with E-state index in [4.69, 9.17) is 14.2 Å². The van der Waals surface area contributed by atoms with Gasteiger partial charge in [-0.2, -0.15) is 0 Å². The van der Waals surface area contributed by atoms with Crippen LogP contribution in [0.15, 0.2) is 42.5 Å². The maximum Gasteiger partial charge on any atom is 0.320 e. The van der Waals surface area contributed by atoms with E-state index in [-0.39, 0.29) is 6.04 Å². The summed E-state index contributed by atoms with van der Waals surface area (Å²) in [6.07, 6.45) is 2.55. The summed E-state index contributed by atoms with van der Waals surface area (Å²) in [5.74, 6) is 1.26. The molecule has 2 aromatic carbocycles. The highest BCUT2D eigenvalue weighted by molar-refractivity contribution is 5.73. The number of ether oxygens (including phenoxy) is 3. The highest BCUT2D eigenvalue weighted by Crippen LogP contribution is 2.38. The molecule has 2 unspecified atom stereocenters. The van der Waals surface area contributed by atoms with Crippen LogP contribution in [0.5, 0.6) is 17.2 Å². The minimum absolute atomic E-state index is 0.202. The summed E-state index contributed by atoms with van der Waals surface area (Å²) < 4.78 is 16.1. The van der Waals surface area contributed by atoms with Crippen LogP contribution in [0.4, 0.5) is 0 Å². The molecule has 0 aliphatic carbocycles. The molecule has 0 amide bonds. The van der Waals surface area contributed by atoms with E-state index < -0.39 is 12.0 Å². The quantitative estimate of drug-likeness (QED) is 0.783. The van der Waals surface area contributed by atoms with Crippen LogP contribution in [0.3, 0.4) is 0 Å². The Hall–Kier alpha value is -2.73. The summed E-state index contributed by atoms with van der Waals surface area (Å²) >= 11 is 0. The summed E-state index contributed by atoms with van der Waals surface area (Å²) in [5, 5.41) is 9.81. The van der Waals surface area contributed by atoms with Crippen molar-refractivity contribution in [2.45, 2.75) is 31.3 Å². The fourth-order valence-electron chi connectivity index (χ4n) is 3.91. The predicted molar refractivity (Wildman–Crippen MR) is 106 cm³/mol. The smallest absolute Gasteiger partial charge is 0.320 e. The van der Waals surface area contributed by atoms with Crippen LogP contribution in [-0.2, 0) is 4.79 Å². The largest absolute Gasteiger partial charge is 0.497 e. The van der Waals surface area contributed by atoms with Crippen molar-refractivity contribution in [1.29, 1.82) is 0 Å². The van der Waals surface area contributed by atoms with Crippen molar-refractivity contribution in [3.8, 4) is 17.2 Å². The summed E-state index contributed by atoms with van der Waals surface area (Å²) in [6.45, 7) is 0.724. The summed E-state index contributed by atoms with van der Waals surface area (Å²) in [7, 11) is 4.83. The van der Waals surface area contributed by atoms with Crippen molar-refractivity contribution in [2.24, 2.45) is 0 Å². The topological polar surface area (TPSA) is 68.2 Å². The van der Waals surface area contributed by atoms with Crippen molar-refractivity contribution in [2.75, 3.05) is 27.9 Å². The average Bonchev–Trinajstić information content (AvgIpc) is 2.74. The Balaban J connectivity index is 2.09. The van der Waals surface area contributed by atoms with Crippen LogP contribution >= 0.6 is 0 Å². The van der Waals surface area contributed by atoms with E-state index in [2.05, 4.69) is 4.90 Å². The Bertz CT molecular complexity index is 805. The van der Waals surface area contributed by atoms with Crippen LogP contribution in [0.2, 0.25) is 0 Å². The van der Waals surface area contributed by atoms with Gasteiger partial charge in [0.2, 0.25) is 0 Å². The van der Waals surface area contributed by atoms with Crippen molar-refractivity contribution < 1.29 is 24.1 Å². The van der Waals surface area contributed by atoms with Crippen LogP contribution in [0, 0.1) is 0 Å². The van der Waals surface area contributed by atoms with Gasteiger partial charge < -0.3 is 19.3 Å². The number of likely N-dealkylation sites (tertiary alicyclic amines) is 1. The first-order valence-electron chi connectivity index (χ1n) is 9.43. The van der Waals surface area contributed by atoms with E-state index in [1.54, 1.807) is 21.3 Å². The van der Waals surface area contributed by atoms with Crippen LogP contribution in [0.25, 0.3) is 0 Å². The first-order chi connectivity index (χ1) is 13.6. The number of nitrogens with zero attached hydrogens (tertiary/aromatic N) is 1. The normalized spacial score (nSPS) is 18.3. The van der Waals surface area contributed by atoms with Crippen molar-refractivity contribution in [3.63, 3.8) is 0 Å². The van der Waals surface area contributed by atoms with Gasteiger partial charge in [0.05, 0.1) is 27.4 Å². The van der Waals surface area contributed by atoms with E-state index in [1.807, 2.05) is 42.5 Å². The number of hydrogen-bond donors (Lipinski definition) is 1. The van der Waals surface area contributed by atoms with E-state index in [0.717, 1.165) is 36.3 Å². The predicted octanol–water partition coefficient (Wildman–Crippen LogP) is 3.74. The zero-order valence-corrected chi connectivity index (χ0v) is 16.6. The van der Waals surface area contributed by atoms with Gasteiger partial charge in [-0.1, -0.05) is 24.6 Å². The fourth-order valence-corrected chi connectivity index (χ4v) is 3.91. The Morgan fingerprint density at radius 3 is 2.25 bits per heavy atom. The Morgan fingerprint density at radius 2 is 1.64 bits per heavy atom. The number of carboxylic acid groups (broad SMARTS) is 1. The van der Waals surface area contributed by atoms with E-state index in [1.165, 1.54) is 0 Å². The van der Waals surface area contributed by atoms with Crippen LogP contribution in [-0.4, -0.2) is 49.9 Å². The van der Waals surface area contributed by atoms with Gasteiger partial charge in [0.25, 0.3) is 0 Å². The minimum atomic E-state index is -0.779. The van der Waals surface area contributed by atoms with Gasteiger partial charge in [0, 0.05) is 0 Å². The van der Waals surface area contributed by atoms with Crippen molar-refractivity contribution >= 4 is 5.97 Å². The molecule has 150 valence electrons. The molecule has 3 rings (SSSR count). The molecule has 1 fully saturated rings. The molecule has 0 bridgehead atoms. The van der Waals surface area contributed by atoms with Gasteiger partial charge in [0.1, 0.15) is 11.8 Å². The lowest BCUT2D eigenvalue weighted by Crippen LogP contribution is -2.46. The summed E-state index contributed by atoms with van der Waals surface area (Å²) in [6, 6.07) is 12.9. The molecule has 1 aliphatic rings. The Labute approximate surface area is 165 Å². The number of aliphatic carboxylic acids is 1. The number of carboxylic acids is 1. The standard InChI is InChI=1S/C22H27NO5/c1-26-17-10-7-15(8-11-17)21(23-13-5-4-6-18(23)22(24)25)16-9-12-19(27-2)20(14-16)28-3/h7-12,14,18,21H,4-6,13H2,1-3H3,(H,24,25). The number of rotatable bonds is 7. The van der Waals surface area contributed by atoms with Gasteiger partial charge in [-0.15, -0.1) is 0 Å². The summed E-state index contributed by atoms with van der Waals surface area (Å²) in [4.78, 5) is 14.0. The molecule has 0 radical (unpaired) electrons. The van der Waals surface area contributed by atoms with Gasteiger partial charge in [-0.05, 0) is 54.8 Å². The lowest BCUT2D eigenvalue weighted by atomic mass is 9.91. The molecule has 0 aromatic heterocycles. The molecule has 2 atom stereocenters. The zero-order valence-electron chi connectivity index (χ0n) is 16.6. The van der Waals surface area contributed by atoms with Gasteiger partial charge >= 0.3 is 5.97 Å². The number of hydrogen-bond acceptors (Lipinski definition) is 5. The molecule has 0 spiro atoms. The summed E-state index contributed by atoms with van der Waals surface area (Å²) in [5.41, 5.74) is 1.98. The number of piperidine rings is 1. The lowest BCUT2D eigenvalue weighted by Gasteiger charge is -2.39. The second-order valence-electron chi connectivity index (χ2n) is 6.88. The minimum Gasteiger partial charge on any atom is -0.497 e. The number of methoxy groups -OCH3 is 3. The van der Waals surface area contributed by atoms with Crippen LogP contribution < -0.4 is 14.2 Å². The second kappa shape index (κ2) is 8.97. The maximum atomic E-state index is 11.9. The molecule has 1 N–H and O–H groups in total. The van der Waals surface area contributed by atoms with Crippen molar-refractivity contribution in [3.05, 3.63) is 53.6 Å². The molecule has 28 heavy (non-hydrogen) atoms. The zero-order chi connectivity index (χ0) is 20.1. The van der Waals surface area contributed by atoms with Crippen LogP contribution in [0.1, 0.15) is 36.4 Å². The third-order valence-corrected chi connectivity index (χ3v) is 5.32. The third-order valence-electron chi connectivity index (χ3n) is 5.32. The highest BCUT2D eigenvalue weighted by atomic mass is 16.5. The lowest BCUT2D eigenvalue weighted by molar-refractivity contribution is -0.145. The monoisotopic (exact) mass is 385 g/mol. The molecule has 1 saturated heterocycles. The first-order valence-corrected chi connectivity index (χ1v) is 9.43. The SMILES string of the molecule is COc1ccc(C(c2ccc(OC)c(OC)c2)N2CCCCC2C(=O)O)cc1. The van der Waals surface area contributed by atoms with Gasteiger partial charge in [-0.3, -0.25) is 9.69 Å². The molecule has 0 saturated carbocycles. The Kier molecular flexibility index (Phi) is 6.41. The maximum absolute atomic E-state index is 11.9. The van der Waals surface area contributed by atoms with E-state index >= 15 is 0 Å². The molecule has 1 heterocycles. The van der Waals surface area contributed by atoms with E-state index in [0.29, 0.717) is 17.9 Å². The van der Waals surface area contributed by atoms with E-state index in [9.17, 15) is 9.90 Å². The van der Waals surface area contributed by atoms with Gasteiger partial charge in [0.15, 0.2) is 11.5 Å². The molecule has 6 heteroatoms. The highest BCUT2D eigenvalue weighted by Gasteiger charge is 2.35. The second-order valence-corrected chi connectivity index (χ2v) is 6.88. The Morgan fingerprint density at radius 1 is 0.964 bits per heavy atom. The number of carbonyl (C=O) groups is 1. The van der Waals surface area contributed by atoms with Gasteiger partial charge in [-0.25, -0.2) is 0 Å². The van der Waals surface area contributed by atoms with Crippen molar-refractivity contribution in [1.82, 2.24) is 4.90 Å². The number of benzene rings is 2.